The van der Waals surface area contributed by atoms with Crippen molar-refractivity contribution in [2.24, 2.45) is 0 Å². The number of esters is 1. The smallest absolute Gasteiger partial charge is 0.481 e. The van der Waals surface area contributed by atoms with Crippen LogP contribution in [0.2, 0.25) is 0 Å². The molecule has 2 N–H and O–H groups in total. The first kappa shape index (κ1) is 14.9. The van der Waals surface area contributed by atoms with E-state index >= 15 is 0 Å². The van der Waals surface area contributed by atoms with Crippen LogP contribution in [-0.4, -0.2) is 41.0 Å². The molecular formula is C10H14O7. The number of carboxylic acid groups (broad SMARTS) is 2. The summed E-state index contributed by atoms with van der Waals surface area (Å²) in [6.45, 7) is 4.45. The normalized spacial score (nSPS) is 11.4. The highest BCUT2D eigenvalue weighted by molar-refractivity contribution is 5.86. The van der Waals surface area contributed by atoms with Gasteiger partial charge in [-0.15, -0.1) is 0 Å². The number of ether oxygens (including phenoxy) is 2. The summed E-state index contributed by atoms with van der Waals surface area (Å²) in [5.74, 6) is -1.77. The van der Waals surface area contributed by atoms with Crippen LogP contribution >= 0.6 is 0 Å². The van der Waals surface area contributed by atoms with Crippen LogP contribution in [0.1, 0.15) is 19.8 Å². The van der Waals surface area contributed by atoms with Gasteiger partial charge in [-0.2, -0.15) is 0 Å². The number of carbonyl (C=O) groups excluding carboxylic acids is 1. The fraction of sp³-hybridized carbons (Fsp3) is 0.500. The highest BCUT2D eigenvalue weighted by Crippen LogP contribution is 2.05. The molecule has 1 unspecified atom stereocenters. The molecule has 0 aliphatic carbocycles. The van der Waals surface area contributed by atoms with E-state index in [9.17, 15) is 14.4 Å². The van der Waals surface area contributed by atoms with E-state index in [4.69, 9.17) is 10.2 Å². The van der Waals surface area contributed by atoms with Crippen molar-refractivity contribution in [3.8, 4) is 0 Å². The van der Waals surface area contributed by atoms with Gasteiger partial charge in [-0.05, 0) is 13.3 Å². The Kier molecular flexibility index (Phi) is 6.39. The molecule has 0 fully saturated rings. The van der Waals surface area contributed by atoms with E-state index in [1.807, 2.05) is 0 Å². The molecule has 17 heavy (non-hydrogen) atoms. The fourth-order valence-corrected chi connectivity index (χ4v) is 0.895. The maximum Gasteiger partial charge on any atom is 0.506 e. The van der Waals surface area contributed by atoms with Crippen molar-refractivity contribution in [2.75, 3.05) is 6.61 Å². The van der Waals surface area contributed by atoms with Gasteiger partial charge < -0.3 is 19.7 Å². The first-order valence-electron chi connectivity index (χ1n) is 4.77. The molecule has 0 aromatic carbocycles. The van der Waals surface area contributed by atoms with Crippen molar-refractivity contribution in [1.82, 2.24) is 0 Å². The summed E-state index contributed by atoms with van der Waals surface area (Å²) in [6, 6.07) is 0. The Morgan fingerprint density at radius 2 is 1.88 bits per heavy atom. The predicted molar refractivity (Wildman–Crippen MR) is 55.5 cm³/mol. The Balaban J connectivity index is 4.18. The average molecular weight is 246 g/mol. The highest BCUT2D eigenvalue weighted by Gasteiger charge is 2.17. The Morgan fingerprint density at radius 1 is 1.29 bits per heavy atom. The Bertz CT molecular complexity index is 321. The first-order valence-corrected chi connectivity index (χ1v) is 4.77. The van der Waals surface area contributed by atoms with E-state index in [2.05, 4.69) is 16.1 Å². The van der Waals surface area contributed by atoms with Gasteiger partial charge in [0.05, 0.1) is 0 Å². The Morgan fingerprint density at radius 3 is 2.29 bits per heavy atom. The standard InChI is InChI=1S/C10H14O7/c1-6(2)9(13)16-5-7(17-10(14)15)3-4-8(11)12/h7H,1,3-5H2,2H3,(H,11,12)(H,14,15). The third-order valence-electron chi connectivity index (χ3n) is 1.70. The van der Waals surface area contributed by atoms with E-state index in [0.29, 0.717) is 0 Å². The third-order valence-corrected chi connectivity index (χ3v) is 1.70. The van der Waals surface area contributed by atoms with Crippen LogP contribution in [0.25, 0.3) is 0 Å². The number of hydrogen-bond donors (Lipinski definition) is 2. The van der Waals surface area contributed by atoms with Crippen LogP contribution in [-0.2, 0) is 19.1 Å². The topological polar surface area (TPSA) is 110 Å². The minimum absolute atomic E-state index is 0.0644. The zero-order valence-electron chi connectivity index (χ0n) is 9.34. The number of aliphatic carboxylic acids is 1. The molecular weight excluding hydrogens is 232 g/mol. The molecule has 0 rings (SSSR count). The molecule has 0 bridgehead atoms. The van der Waals surface area contributed by atoms with Gasteiger partial charge in [0.1, 0.15) is 12.7 Å². The van der Waals surface area contributed by atoms with E-state index in [1.165, 1.54) is 6.92 Å². The summed E-state index contributed by atoms with van der Waals surface area (Å²) in [7, 11) is 0. The van der Waals surface area contributed by atoms with Crippen molar-refractivity contribution < 1.29 is 34.1 Å². The van der Waals surface area contributed by atoms with Gasteiger partial charge in [0, 0.05) is 12.0 Å². The quantitative estimate of drug-likeness (QED) is 0.509. The van der Waals surface area contributed by atoms with Gasteiger partial charge in [0.15, 0.2) is 0 Å². The largest absolute Gasteiger partial charge is 0.506 e. The highest BCUT2D eigenvalue weighted by atomic mass is 16.7. The Hall–Kier alpha value is -2.05. The molecule has 0 radical (unpaired) electrons. The van der Waals surface area contributed by atoms with Crippen LogP contribution < -0.4 is 0 Å². The summed E-state index contributed by atoms with van der Waals surface area (Å²) < 4.78 is 9.06. The van der Waals surface area contributed by atoms with Crippen LogP contribution in [0, 0.1) is 0 Å². The number of carbonyl (C=O) groups is 3. The van der Waals surface area contributed by atoms with E-state index in [-0.39, 0.29) is 25.0 Å². The molecule has 0 aliphatic heterocycles. The van der Waals surface area contributed by atoms with Crippen LogP contribution in [0.4, 0.5) is 4.79 Å². The van der Waals surface area contributed by atoms with Gasteiger partial charge in [0.25, 0.3) is 0 Å². The third kappa shape index (κ3) is 7.83. The molecule has 0 aliphatic rings. The van der Waals surface area contributed by atoms with Gasteiger partial charge >= 0.3 is 18.1 Å². The van der Waals surface area contributed by atoms with Crippen LogP contribution in [0.5, 0.6) is 0 Å². The summed E-state index contributed by atoms with van der Waals surface area (Å²) >= 11 is 0. The molecule has 0 aromatic heterocycles. The molecule has 0 heterocycles. The lowest BCUT2D eigenvalue weighted by Crippen LogP contribution is -2.25. The summed E-state index contributed by atoms with van der Waals surface area (Å²) in [5, 5.41) is 16.8. The summed E-state index contributed by atoms with van der Waals surface area (Å²) in [6.07, 6.45) is -2.88. The molecule has 96 valence electrons. The van der Waals surface area contributed by atoms with Crippen LogP contribution in [0.3, 0.4) is 0 Å². The van der Waals surface area contributed by atoms with Crippen molar-refractivity contribution in [3.63, 3.8) is 0 Å². The van der Waals surface area contributed by atoms with Gasteiger partial charge in [-0.3, -0.25) is 4.79 Å². The van der Waals surface area contributed by atoms with Crippen molar-refractivity contribution in [2.45, 2.75) is 25.9 Å². The molecule has 1 atom stereocenters. The van der Waals surface area contributed by atoms with Crippen molar-refractivity contribution in [3.05, 3.63) is 12.2 Å². The van der Waals surface area contributed by atoms with Gasteiger partial charge in [0.2, 0.25) is 0 Å². The lowest BCUT2D eigenvalue weighted by Gasteiger charge is -2.15. The maximum absolute atomic E-state index is 11.0. The molecule has 0 aromatic rings. The summed E-state index contributed by atoms with van der Waals surface area (Å²) in [4.78, 5) is 31.6. The molecule has 0 amide bonds. The predicted octanol–water partition coefficient (Wildman–Crippen LogP) is 1.03. The second kappa shape index (κ2) is 7.26. The van der Waals surface area contributed by atoms with Crippen LogP contribution in [0.15, 0.2) is 12.2 Å². The molecule has 0 saturated heterocycles. The second-order valence-corrected chi connectivity index (χ2v) is 3.32. The molecule has 7 heteroatoms. The first-order chi connectivity index (χ1) is 7.82. The van der Waals surface area contributed by atoms with Crippen molar-refractivity contribution in [1.29, 1.82) is 0 Å². The van der Waals surface area contributed by atoms with Gasteiger partial charge in [-0.1, -0.05) is 6.58 Å². The lowest BCUT2D eigenvalue weighted by molar-refractivity contribution is -0.143. The zero-order chi connectivity index (χ0) is 13.4. The molecule has 0 spiro atoms. The lowest BCUT2D eigenvalue weighted by atomic mass is 10.2. The average Bonchev–Trinajstić information content (AvgIpc) is 2.20. The SMILES string of the molecule is C=C(C)C(=O)OCC(CCC(=O)O)OC(=O)O. The zero-order valence-corrected chi connectivity index (χ0v) is 9.34. The van der Waals surface area contributed by atoms with E-state index in [1.54, 1.807) is 0 Å². The fourth-order valence-electron chi connectivity index (χ4n) is 0.895. The minimum atomic E-state index is -1.55. The maximum atomic E-state index is 11.0. The second-order valence-electron chi connectivity index (χ2n) is 3.32. The minimum Gasteiger partial charge on any atom is -0.481 e. The molecule has 0 saturated carbocycles. The summed E-state index contributed by atoms with van der Waals surface area (Å²) in [5.41, 5.74) is 0.164. The monoisotopic (exact) mass is 246 g/mol. The number of rotatable bonds is 7. The number of hydrogen-bond acceptors (Lipinski definition) is 5. The number of carboxylic acids is 1. The van der Waals surface area contributed by atoms with E-state index < -0.39 is 24.2 Å². The molecule has 7 nitrogen and oxygen atoms in total. The Labute approximate surface area is 97.6 Å². The van der Waals surface area contributed by atoms with E-state index in [0.717, 1.165) is 0 Å². The van der Waals surface area contributed by atoms with Gasteiger partial charge in [-0.25, -0.2) is 9.59 Å². The van der Waals surface area contributed by atoms with Crippen molar-refractivity contribution >= 4 is 18.1 Å².